The summed E-state index contributed by atoms with van der Waals surface area (Å²) in [5.41, 5.74) is 0. The van der Waals surface area contributed by atoms with Crippen LogP contribution in [-0.4, -0.2) is 42.9 Å². The van der Waals surface area contributed by atoms with Crippen molar-refractivity contribution in [2.45, 2.75) is 32.4 Å². The van der Waals surface area contributed by atoms with E-state index < -0.39 is 0 Å². The summed E-state index contributed by atoms with van der Waals surface area (Å²) in [5, 5.41) is 10.4. The summed E-state index contributed by atoms with van der Waals surface area (Å²) in [5.74, 6) is 1.95. The van der Waals surface area contributed by atoms with Crippen molar-refractivity contribution in [1.29, 1.82) is 0 Å². The minimum absolute atomic E-state index is 0.129. The monoisotopic (exact) mass is 344 g/mol. The molecule has 0 aromatic carbocycles. The molecule has 4 heterocycles. The number of thiophene rings is 1. The number of hydrogen-bond donors (Lipinski definition) is 0. The fourth-order valence-electron chi connectivity index (χ4n) is 3.26. The van der Waals surface area contributed by atoms with E-state index in [-0.39, 0.29) is 6.04 Å². The van der Waals surface area contributed by atoms with Crippen LogP contribution in [0.25, 0.3) is 10.7 Å². The number of rotatable bonds is 5. The van der Waals surface area contributed by atoms with Crippen LogP contribution >= 0.6 is 11.3 Å². The Bertz CT molecular complexity index is 753. The van der Waals surface area contributed by atoms with Crippen LogP contribution in [0.2, 0.25) is 0 Å². The van der Waals surface area contributed by atoms with Gasteiger partial charge in [0.15, 0.2) is 0 Å². The van der Waals surface area contributed by atoms with Gasteiger partial charge >= 0.3 is 0 Å². The van der Waals surface area contributed by atoms with Gasteiger partial charge in [-0.1, -0.05) is 11.2 Å². The Kier molecular flexibility index (Phi) is 4.40. The van der Waals surface area contributed by atoms with Crippen LogP contribution in [0.4, 0.5) is 0 Å². The molecule has 0 saturated carbocycles. The van der Waals surface area contributed by atoms with Crippen LogP contribution in [-0.2, 0) is 6.54 Å². The normalized spacial score (nSPS) is 20.3. The van der Waals surface area contributed by atoms with Gasteiger partial charge in [0.05, 0.1) is 10.9 Å². The molecule has 3 aromatic heterocycles. The van der Waals surface area contributed by atoms with Gasteiger partial charge in [-0.3, -0.25) is 9.58 Å². The summed E-state index contributed by atoms with van der Waals surface area (Å²) in [6.07, 6.45) is 5.77. The molecule has 1 fully saturated rings. The van der Waals surface area contributed by atoms with Crippen molar-refractivity contribution in [2.24, 2.45) is 5.92 Å². The molecule has 0 radical (unpaired) electrons. The second kappa shape index (κ2) is 6.82. The van der Waals surface area contributed by atoms with Crippen molar-refractivity contribution in [3.63, 3.8) is 0 Å². The summed E-state index contributed by atoms with van der Waals surface area (Å²) in [6.45, 7) is 5.13. The standard InChI is InChI=1S/C16H20N6OS/c1-12(16-19-15(20-23-16)14-5-3-7-24-14)21-6-2-4-13(8-21)9-22-11-17-10-18-22/h3,5,7,10-13H,2,4,6,8-9H2,1H3/t12-,13-/m0/s1. The van der Waals surface area contributed by atoms with Crippen LogP contribution in [0.3, 0.4) is 0 Å². The Morgan fingerprint density at radius 1 is 1.46 bits per heavy atom. The Hall–Kier alpha value is -2.06. The largest absolute Gasteiger partial charge is 0.337 e. The molecule has 24 heavy (non-hydrogen) atoms. The second-order valence-corrected chi connectivity index (χ2v) is 7.18. The fraction of sp³-hybridized carbons (Fsp3) is 0.500. The first-order valence-corrected chi connectivity index (χ1v) is 9.11. The van der Waals surface area contributed by atoms with Crippen molar-refractivity contribution in [3.05, 3.63) is 36.1 Å². The molecule has 3 aromatic rings. The molecule has 4 rings (SSSR count). The van der Waals surface area contributed by atoms with Crippen LogP contribution in [0.5, 0.6) is 0 Å². The molecular formula is C16H20N6OS. The lowest BCUT2D eigenvalue weighted by molar-refractivity contribution is 0.102. The molecule has 2 atom stereocenters. The predicted octanol–water partition coefficient (Wildman–Crippen LogP) is 2.86. The van der Waals surface area contributed by atoms with Crippen molar-refractivity contribution < 1.29 is 4.52 Å². The first-order chi connectivity index (χ1) is 11.8. The van der Waals surface area contributed by atoms with Gasteiger partial charge in [-0.25, -0.2) is 4.98 Å². The molecule has 0 N–H and O–H groups in total. The van der Waals surface area contributed by atoms with E-state index in [1.807, 2.05) is 22.2 Å². The number of piperidine rings is 1. The lowest BCUT2D eigenvalue weighted by Crippen LogP contribution is -2.38. The lowest BCUT2D eigenvalue weighted by atomic mass is 9.97. The van der Waals surface area contributed by atoms with Gasteiger partial charge in [0, 0.05) is 13.1 Å². The maximum absolute atomic E-state index is 5.52. The third-order valence-electron chi connectivity index (χ3n) is 4.55. The minimum atomic E-state index is 0.129. The summed E-state index contributed by atoms with van der Waals surface area (Å²) < 4.78 is 7.44. The van der Waals surface area contributed by atoms with Gasteiger partial charge in [-0.05, 0) is 43.7 Å². The van der Waals surface area contributed by atoms with E-state index in [9.17, 15) is 0 Å². The van der Waals surface area contributed by atoms with Crippen LogP contribution in [0.15, 0.2) is 34.7 Å². The highest BCUT2D eigenvalue weighted by Gasteiger charge is 2.28. The summed E-state index contributed by atoms with van der Waals surface area (Å²) >= 11 is 1.62. The summed E-state index contributed by atoms with van der Waals surface area (Å²) in [6, 6.07) is 4.14. The maximum Gasteiger partial charge on any atom is 0.244 e. The van der Waals surface area contributed by atoms with Gasteiger partial charge in [0.25, 0.3) is 0 Å². The Balaban J connectivity index is 1.43. The molecule has 8 heteroatoms. The van der Waals surface area contributed by atoms with E-state index in [2.05, 4.69) is 32.0 Å². The summed E-state index contributed by atoms with van der Waals surface area (Å²) in [4.78, 5) is 12.1. The second-order valence-electron chi connectivity index (χ2n) is 6.23. The van der Waals surface area contributed by atoms with Gasteiger partial charge < -0.3 is 4.52 Å². The molecule has 1 aliphatic heterocycles. The lowest BCUT2D eigenvalue weighted by Gasteiger charge is -2.35. The van der Waals surface area contributed by atoms with Crippen LogP contribution in [0, 0.1) is 5.92 Å². The molecular weight excluding hydrogens is 324 g/mol. The van der Waals surface area contributed by atoms with Crippen molar-refractivity contribution in [1.82, 2.24) is 29.8 Å². The molecule has 0 amide bonds. The predicted molar refractivity (Wildman–Crippen MR) is 90.3 cm³/mol. The minimum Gasteiger partial charge on any atom is -0.337 e. The molecule has 0 spiro atoms. The highest BCUT2D eigenvalue weighted by atomic mass is 32.1. The topological polar surface area (TPSA) is 72.9 Å². The molecule has 0 unspecified atom stereocenters. The average molecular weight is 344 g/mol. The number of likely N-dealkylation sites (tertiary alicyclic amines) is 1. The van der Waals surface area contributed by atoms with Crippen molar-refractivity contribution >= 4 is 11.3 Å². The molecule has 1 aliphatic rings. The first-order valence-electron chi connectivity index (χ1n) is 8.23. The van der Waals surface area contributed by atoms with Gasteiger partial charge in [0.1, 0.15) is 12.7 Å². The number of nitrogens with zero attached hydrogens (tertiary/aromatic N) is 6. The zero-order chi connectivity index (χ0) is 16.4. The summed E-state index contributed by atoms with van der Waals surface area (Å²) in [7, 11) is 0. The van der Waals surface area contributed by atoms with E-state index in [0.29, 0.717) is 17.6 Å². The third-order valence-corrected chi connectivity index (χ3v) is 5.42. The fourth-order valence-corrected chi connectivity index (χ4v) is 3.91. The molecule has 126 valence electrons. The van der Waals surface area contributed by atoms with Crippen LogP contribution < -0.4 is 0 Å². The van der Waals surface area contributed by atoms with Crippen molar-refractivity contribution in [2.75, 3.05) is 13.1 Å². The Morgan fingerprint density at radius 3 is 3.21 bits per heavy atom. The van der Waals surface area contributed by atoms with E-state index in [4.69, 9.17) is 4.52 Å². The molecule has 0 aliphatic carbocycles. The average Bonchev–Trinajstić information content (AvgIpc) is 3.35. The van der Waals surface area contributed by atoms with Crippen LogP contribution in [0.1, 0.15) is 31.7 Å². The zero-order valence-corrected chi connectivity index (χ0v) is 14.4. The van der Waals surface area contributed by atoms with E-state index in [0.717, 1.165) is 24.5 Å². The first kappa shape index (κ1) is 15.5. The Labute approximate surface area is 144 Å². The molecule has 7 nitrogen and oxygen atoms in total. The third kappa shape index (κ3) is 3.25. The highest BCUT2D eigenvalue weighted by molar-refractivity contribution is 7.13. The molecule has 1 saturated heterocycles. The van der Waals surface area contributed by atoms with Crippen molar-refractivity contribution in [3.8, 4) is 10.7 Å². The number of hydrogen-bond acceptors (Lipinski definition) is 7. The van der Waals surface area contributed by atoms with Gasteiger partial charge in [0.2, 0.25) is 11.7 Å². The maximum atomic E-state index is 5.52. The van der Waals surface area contributed by atoms with E-state index >= 15 is 0 Å². The molecule has 0 bridgehead atoms. The number of aromatic nitrogens is 5. The highest BCUT2D eigenvalue weighted by Crippen LogP contribution is 2.28. The zero-order valence-electron chi connectivity index (χ0n) is 13.6. The van der Waals surface area contributed by atoms with E-state index in [1.54, 1.807) is 24.0 Å². The smallest absolute Gasteiger partial charge is 0.244 e. The quantitative estimate of drug-likeness (QED) is 0.709. The Morgan fingerprint density at radius 2 is 2.42 bits per heavy atom. The van der Waals surface area contributed by atoms with Gasteiger partial charge in [-0.15, -0.1) is 11.3 Å². The van der Waals surface area contributed by atoms with Gasteiger partial charge in [-0.2, -0.15) is 10.1 Å². The SMILES string of the molecule is C[C@@H](c1nc(-c2cccs2)no1)N1CCC[C@H](Cn2cncn2)C1. The van der Waals surface area contributed by atoms with E-state index in [1.165, 1.54) is 12.8 Å².